The van der Waals surface area contributed by atoms with Crippen LogP contribution in [-0.2, 0) is 14.3 Å². The maximum Gasteiger partial charge on any atom is 0.296 e. The highest BCUT2D eigenvalue weighted by Crippen LogP contribution is 2.23. The van der Waals surface area contributed by atoms with E-state index in [4.69, 9.17) is 4.18 Å². The average molecular weight is 294 g/mol. The zero-order valence-electron chi connectivity index (χ0n) is 11.9. The summed E-state index contributed by atoms with van der Waals surface area (Å²) in [7, 11) is -3.59. The van der Waals surface area contributed by atoms with Gasteiger partial charge in [-0.2, -0.15) is 8.42 Å². The van der Waals surface area contributed by atoms with Crippen LogP contribution in [0.1, 0.15) is 37.7 Å². The molecular formula is C16H22O3S. The van der Waals surface area contributed by atoms with Crippen molar-refractivity contribution in [2.24, 2.45) is 5.92 Å². The Labute approximate surface area is 121 Å². The Morgan fingerprint density at radius 2 is 1.95 bits per heavy atom. The van der Waals surface area contributed by atoms with E-state index in [9.17, 15) is 8.42 Å². The van der Waals surface area contributed by atoms with Crippen LogP contribution in [0.25, 0.3) is 0 Å². The van der Waals surface area contributed by atoms with Gasteiger partial charge in [0.2, 0.25) is 0 Å². The summed E-state index contributed by atoms with van der Waals surface area (Å²) in [4.78, 5) is 0.240. The third-order valence-corrected chi connectivity index (χ3v) is 5.01. The Hall–Kier alpha value is -1.13. The predicted molar refractivity (Wildman–Crippen MR) is 80.0 cm³/mol. The average Bonchev–Trinajstić information content (AvgIpc) is 2.45. The fraction of sp³-hybridized carbons (Fsp3) is 0.500. The molecule has 0 N–H and O–H groups in total. The van der Waals surface area contributed by atoms with E-state index in [2.05, 4.69) is 12.2 Å². The minimum Gasteiger partial charge on any atom is -0.266 e. The van der Waals surface area contributed by atoms with Crippen LogP contribution >= 0.6 is 0 Å². The van der Waals surface area contributed by atoms with Crippen LogP contribution in [-0.4, -0.2) is 15.0 Å². The SMILES string of the molecule is Cc1ccc(S(=O)(=O)OCCCC2CC=CCC2)cc1. The molecule has 4 heteroatoms. The lowest BCUT2D eigenvalue weighted by atomic mass is 9.90. The van der Waals surface area contributed by atoms with E-state index < -0.39 is 10.1 Å². The Balaban J connectivity index is 1.77. The summed E-state index contributed by atoms with van der Waals surface area (Å²) >= 11 is 0. The summed E-state index contributed by atoms with van der Waals surface area (Å²) in [5.74, 6) is 0.686. The molecule has 0 amide bonds. The second-order valence-corrected chi connectivity index (χ2v) is 7.00. The highest BCUT2D eigenvalue weighted by molar-refractivity contribution is 7.86. The number of benzene rings is 1. The molecule has 0 heterocycles. The number of aryl methyl sites for hydroxylation is 1. The van der Waals surface area contributed by atoms with Gasteiger partial charge in [-0.25, -0.2) is 0 Å². The van der Waals surface area contributed by atoms with Gasteiger partial charge in [-0.3, -0.25) is 4.18 Å². The minimum atomic E-state index is -3.59. The smallest absolute Gasteiger partial charge is 0.266 e. The van der Waals surface area contributed by atoms with Crippen molar-refractivity contribution in [1.29, 1.82) is 0 Å². The van der Waals surface area contributed by atoms with Gasteiger partial charge in [-0.15, -0.1) is 0 Å². The van der Waals surface area contributed by atoms with Gasteiger partial charge in [-0.05, 0) is 57.1 Å². The second kappa shape index (κ2) is 7.04. The fourth-order valence-electron chi connectivity index (χ4n) is 2.43. The van der Waals surface area contributed by atoms with Gasteiger partial charge < -0.3 is 0 Å². The van der Waals surface area contributed by atoms with Crippen LogP contribution < -0.4 is 0 Å². The molecule has 1 atom stereocenters. The Morgan fingerprint density at radius 1 is 1.20 bits per heavy atom. The normalized spacial score (nSPS) is 19.1. The van der Waals surface area contributed by atoms with Crippen LogP contribution in [0.3, 0.4) is 0 Å². The Morgan fingerprint density at radius 3 is 2.60 bits per heavy atom. The molecule has 20 heavy (non-hydrogen) atoms. The maximum absolute atomic E-state index is 12.0. The zero-order valence-corrected chi connectivity index (χ0v) is 12.7. The van der Waals surface area contributed by atoms with Gasteiger partial charge in [0.25, 0.3) is 10.1 Å². The van der Waals surface area contributed by atoms with Crippen molar-refractivity contribution in [1.82, 2.24) is 0 Å². The van der Waals surface area contributed by atoms with E-state index in [1.807, 2.05) is 6.92 Å². The van der Waals surface area contributed by atoms with Gasteiger partial charge in [-0.1, -0.05) is 29.8 Å². The molecule has 0 aliphatic heterocycles. The molecule has 0 aromatic heterocycles. The lowest BCUT2D eigenvalue weighted by Gasteiger charge is -2.17. The highest BCUT2D eigenvalue weighted by atomic mass is 32.2. The van der Waals surface area contributed by atoms with Crippen molar-refractivity contribution < 1.29 is 12.6 Å². The molecule has 0 radical (unpaired) electrons. The van der Waals surface area contributed by atoms with Crippen LogP contribution in [0.5, 0.6) is 0 Å². The number of rotatable bonds is 6. The van der Waals surface area contributed by atoms with Crippen LogP contribution in [0.4, 0.5) is 0 Å². The van der Waals surface area contributed by atoms with Crippen LogP contribution in [0, 0.1) is 12.8 Å². The molecule has 110 valence electrons. The van der Waals surface area contributed by atoms with Crippen molar-refractivity contribution in [2.75, 3.05) is 6.61 Å². The maximum atomic E-state index is 12.0. The van der Waals surface area contributed by atoms with E-state index in [0.29, 0.717) is 5.92 Å². The molecule has 3 nitrogen and oxygen atoms in total. The Kier molecular flexibility index (Phi) is 5.38. The molecule has 1 aromatic rings. The molecule has 0 bridgehead atoms. The summed E-state index contributed by atoms with van der Waals surface area (Å²) in [6.45, 7) is 2.20. The van der Waals surface area contributed by atoms with Gasteiger partial charge in [0.15, 0.2) is 0 Å². The molecule has 1 aliphatic rings. The highest BCUT2D eigenvalue weighted by Gasteiger charge is 2.15. The third-order valence-electron chi connectivity index (χ3n) is 3.68. The summed E-state index contributed by atoms with van der Waals surface area (Å²) in [6.07, 6.45) is 9.74. The predicted octanol–water partition coefficient (Wildman–Crippen LogP) is 3.84. The van der Waals surface area contributed by atoms with E-state index in [-0.39, 0.29) is 11.5 Å². The van der Waals surface area contributed by atoms with Crippen molar-refractivity contribution in [2.45, 2.75) is 43.9 Å². The molecule has 2 rings (SSSR count). The van der Waals surface area contributed by atoms with E-state index in [0.717, 1.165) is 31.2 Å². The fourth-order valence-corrected chi connectivity index (χ4v) is 3.37. The van der Waals surface area contributed by atoms with Gasteiger partial charge in [0, 0.05) is 0 Å². The van der Waals surface area contributed by atoms with Crippen molar-refractivity contribution in [3.8, 4) is 0 Å². The summed E-state index contributed by atoms with van der Waals surface area (Å²) < 4.78 is 29.0. The molecule has 0 spiro atoms. The first-order chi connectivity index (χ1) is 9.58. The van der Waals surface area contributed by atoms with Crippen molar-refractivity contribution in [3.63, 3.8) is 0 Å². The quantitative estimate of drug-likeness (QED) is 0.455. The molecule has 0 fully saturated rings. The van der Waals surface area contributed by atoms with Crippen molar-refractivity contribution >= 4 is 10.1 Å². The second-order valence-electron chi connectivity index (χ2n) is 5.38. The van der Waals surface area contributed by atoms with Crippen molar-refractivity contribution in [3.05, 3.63) is 42.0 Å². The summed E-state index contributed by atoms with van der Waals surface area (Å²) in [6, 6.07) is 6.75. The molecule has 1 aliphatic carbocycles. The van der Waals surface area contributed by atoms with Crippen LogP contribution in [0.15, 0.2) is 41.3 Å². The molecular weight excluding hydrogens is 272 g/mol. The molecule has 1 aromatic carbocycles. The standard InChI is InChI=1S/C16H22O3S/c1-14-9-11-16(12-10-14)20(17,18)19-13-5-8-15-6-3-2-4-7-15/h2-3,9-12,15H,4-8,13H2,1H3. The van der Waals surface area contributed by atoms with Crippen LogP contribution in [0.2, 0.25) is 0 Å². The first kappa shape index (κ1) is 15.3. The molecule has 1 unspecified atom stereocenters. The molecule has 0 saturated heterocycles. The largest absolute Gasteiger partial charge is 0.296 e. The summed E-state index contributed by atoms with van der Waals surface area (Å²) in [5.41, 5.74) is 1.04. The first-order valence-corrected chi connectivity index (χ1v) is 8.60. The Bertz CT molecular complexity index is 544. The first-order valence-electron chi connectivity index (χ1n) is 7.19. The lowest BCUT2D eigenvalue weighted by molar-refractivity contribution is 0.290. The molecule has 0 saturated carbocycles. The third kappa shape index (κ3) is 4.46. The lowest BCUT2D eigenvalue weighted by Crippen LogP contribution is -2.09. The van der Waals surface area contributed by atoms with Gasteiger partial charge >= 0.3 is 0 Å². The van der Waals surface area contributed by atoms with Gasteiger partial charge in [0.05, 0.1) is 11.5 Å². The number of hydrogen-bond acceptors (Lipinski definition) is 3. The number of hydrogen-bond donors (Lipinski definition) is 0. The summed E-state index contributed by atoms with van der Waals surface area (Å²) in [5, 5.41) is 0. The van der Waals surface area contributed by atoms with Gasteiger partial charge in [0.1, 0.15) is 0 Å². The monoisotopic (exact) mass is 294 g/mol. The topological polar surface area (TPSA) is 43.4 Å². The number of allylic oxidation sites excluding steroid dienone is 2. The van der Waals surface area contributed by atoms with E-state index >= 15 is 0 Å². The minimum absolute atomic E-state index is 0.240. The van der Waals surface area contributed by atoms with E-state index in [1.54, 1.807) is 24.3 Å². The zero-order chi connectivity index (χ0) is 14.4. The van der Waals surface area contributed by atoms with E-state index in [1.165, 1.54) is 6.42 Å².